The fraction of sp³-hybridized carbons (Fsp3) is 0.312. The second-order valence-corrected chi connectivity index (χ2v) is 6.98. The van der Waals surface area contributed by atoms with Crippen LogP contribution in [0, 0.1) is 0 Å². The number of anilines is 1. The van der Waals surface area contributed by atoms with Crippen molar-refractivity contribution in [1.82, 2.24) is 10.3 Å². The van der Waals surface area contributed by atoms with Gasteiger partial charge in [0.15, 0.2) is 0 Å². The fourth-order valence-corrected chi connectivity index (χ4v) is 2.55. The summed E-state index contributed by atoms with van der Waals surface area (Å²) in [7, 11) is 0. The molecule has 0 atom stereocenters. The highest BCUT2D eigenvalue weighted by Gasteiger charge is 2.19. The van der Waals surface area contributed by atoms with E-state index in [9.17, 15) is 9.59 Å². The van der Waals surface area contributed by atoms with E-state index >= 15 is 0 Å². The zero-order valence-electron chi connectivity index (χ0n) is 13.8. The lowest BCUT2D eigenvalue weighted by molar-refractivity contribution is 0.0920. The summed E-state index contributed by atoms with van der Waals surface area (Å²) < 4.78 is 0. The van der Waals surface area contributed by atoms with Gasteiger partial charge in [0.1, 0.15) is 10.7 Å². The molecule has 4 N–H and O–H groups in total. The molecule has 0 unspecified atom stereocenters. The second kappa shape index (κ2) is 8.23. The first kappa shape index (κ1) is 20.1. The summed E-state index contributed by atoms with van der Waals surface area (Å²) in [5.74, 6) is -0.605. The van der Waals surface area contributed by atoms with E-state index in [0.717, 1.165) is 0 Å². The number of aromatic nitrogens is 1. The topological polar surface area (TPSA) is 97.1 Å². The highest BCUT2D eigenvalue weighted by molar-refractivity contribution is 7.09. The molecule has 0 aliphatic carbocycles. The van der Waals surface area contributed by atoms with Gasteiger partial charge in [-0.3, -0.25) is 9.59 Å². The molecule has 2 amide bonds. The summed E-state index contributed by atoms with van der Waals surface area (Å²) >= 11 is 1.33. The van der Waals surface area contributed by atoms with Crippen LogP contribution in [0.5, 0.6) is 0 Å². The smallest absolute Gasteiger partial charge is 0.275 e. The monoisotopic (exact) mass is 368 g/mol. The molecule has 0 spiro atoms. The van der Waals surface area contributed by atoms with Crippen molar-refractivity contribution < 1.29 is 9.59 Å². The molecule has 2 rings (SSSR count). The minimum atomic E-state index is -0.364. The van der Waals surface area contributed by atoms with Crippen LogP contribution in [0.3, 0.4) is 0 Å². The number of carbonyl (C=O) groups excluding carboxylic acids is 2. The zero-order chi connectivity index (χ0) is 17.0. The molecule has 2 aromatic rings. The van der Waals surface area contributed by atoms with Crippen molar-refractivity contribution in [2.45, 2.75) is 32.9 Å². The summed E-state index contributed by atoms with van der Waals surface area (Å²) in [5.41, 5.74) is 6.29. The number of nitrogens with zero attached hydrogens (tertiary/aromatic N) is 1. The van der Waals surface area contributed by atoms with Crippen LogP contribution in [0.1, 0.15) is 46.6 Å². The summed E-state index contributed by atoms with van der Waals surface area (Å²) in [6, 6.07) is 6.87. The molecule has 8 heteroatoms. The number of carbonyl (C=O) groups is 2. The Hall–Kier alpha value is -1.96. The summed E-state index contributed by atoms with van der Waals surface area (Å²) in [6.45, 7) is 5.99. The van der Waals surface area contributed by atoms with Gasteiger partial charge in [0.25, 0.3) is 11.8 Å². The Balaban J connectivity index is 0.00000288. The Kier molecular flexibility index (Phi) is 6.89. The third-order valence-corrected chi connectivity index (χ3v) is 3.74. The zero-order valence-corrected chi connectivity index (χ0v) is 15.4. The number of thiazole rings is 1. The van der Waals surface area contributed by atoms with Crippen LogP contribution in [0.25, 0.3) is 0 Å². The van der Waals surface area contributed by atoms with Gasteiger partial charge >= 0.3 is 0 Å². The molecule has 0 saturated carbocycles. The number of hydrogen-bond acceptors (Lipinski definition) is 5. The van der Waals surface area contributed by atoms with Gasteiger partial charge in [0.05, 0.1) is 11.3 Å². The first-order chi connectivity index (χ1) is 10.8. The number of hydrogen-bond donors (Lipinski definition) is 3. The molecule has 24 heavy (non-hydrogen) atoms. The molecule has 0 fully saturated rings. The van der Waals surface area contributed by atoms with Gasteiger partial charge in [-0.05, 0) is 32.9 Å². The molecule has 1 aromatic carbocycles. The minimum Gasteiger partial charge on any atom is -0.347 e. The molecular formula is C16H21ClN4O2S. The van der Waals surface area contributed by atoms with Gasteiger partial charge in [-0.25, -0.2) is 4.98 Å². The van der Waals surface area contributed by atoms with E-state index in [1.807, 2.05) is 20.8 Å². The third-order valence-electron chi connectivity index (χ3n) is 2.87. The Bertz CT molecular complexity index is 725. The number of nitrogens with two attached hydrogens (primary N) is 1. The van der Waals surface area contributed by atoms with Gasteiger partial charge in [-0.15, -0.1) is 23.7 Å². The van der Waals surface area contributed by atoms with Crippen molar-refractivity contribution in [3.8, 4) is 0 Å². The van der Waals surface area contributed by atoms with Crippen molar-refractivity contribution in [3.63, 3.8) is 0 Å². The van der Waals surface area contributed by atoms with Crippen LogP contribution >= 0.6 is 23.7 Å². The van der Waals surface area contributed by atoms with Crippen molar-refractivity contribution in [3.05, 3.63) is 45.9 Å². The Morgan fingerprint density at radius 3 is 2.46 bits per heavy atom. The van der Waals surface area contributed by atoms with Crippen LogP contribution in [-0.4, -0.2) is 22.3 Å². The maximum absolute atomic E-state index is 12.4. The lowest BCUT2D eigenvalue weighted by atomic mass is 10.1. The molecular weight excluding hydrogens is 348 g/mol. The number of benzene rings is 1. The van der Waals surface area contributed by atoms with E-state index in [-0.39, 0.29) is 29.8 Å². The largest absolute Gasteiger partial charge is 0.347 e. The standard InChI is InChI=1S/C16H20N4O2S.ClH/c1-16(2,3)20-14(21)10-6-4-5-7-11(10)19-15(22)12-9-23-13(8-17)18-12;/h4-7,9H,8,17H2,1-3H3,(H,19,22)(H,20,21);1H. The van der Waals surface area contributed by atoms with Gasteiger partial charge in [-0.2, -0.15) is 0 Å². The normalized spacial score (nSPS) is 10.7. The predicted octanol–water partition coefficient (Wildman–Crippen LogP) is 2.80. The molecule has 0 aliphatic rings. The first-order valence-electron chi connectivity index (χ1n) is 7.17. The van der Waals surface area contributed by atoms with Crippen LogP contribution in [0.15, 0.2) is 29.6 Å². The summed E-state index contributed by atoms with van der Waals surface area (Å²) in [6.07, 6.45) is 0. The number of halogens is 1. The van der Waals surface area contributed by atoms with E-state index in [1.165, 1.54) is 11.3 Å². The van der Waals surface area contributed by atoms with Crippen molar-refractivity contribution in [2.24, 2.45) is 5.73 Å². The average Bonchev–Trinajstić information content (AvgIpc) is 2.95. The van der Waals surface area contributed by atoms with E-state index in [2.05, 4.69) is 15.6 Å². The van der Waals surface area contributed by atoms with Crippen molar-refractivity contribution in [2.75, 3.05) is 5.32 Å². The number of amides is 2. The minimum absolute atomic E-state index is 0. The fourth-order valence-electron chi connectivity index (χ4n) is 1.89. The number of nitrogens with one attached hydrogen (secondary N) is 2. The van der Waals surface area contributed by atoms with Crippen LogP contribution in [-0.2, 0) is 6.54 Å². The lowest BCUT2D eigenvalue weighted by Crippen LogP contribution is -2.40. The Labute approximate surface area is 151 Å². The molecule has 1 aromatic heterocycles. The van der Waals surface area contributed by atoms with Gasteiger partial charge in [0, 0.05) is 17.5 Å². The third kappa shape index (κ3) is 5.30. The average molecular weight is 369 g/mol. The van der Waals surface area contributed by atoms with Crippen LogP contribution < -0.4 is 16.4 Å². The molecule has 0 aliphatic heterocycles. The molecule has 130 valence electrons. The van der Waals surface area contributed by atoms with E-state index in [4.69, 9.17) is 5.73 Å². The Morgan fingerprint density at radius 2 is 1.88 bits per heavy atom. The van der Waals surface area contributed by atoms with Gasteiger partial charge in [0.2, 0.25) is 0 Å². The summed E-state index contributed by atoms with van der Waals surface area (Å²) in [5, 5.41) is 7.95. The Morgan fingerprint density at radius 1 is 1.21 bits per heavy atom. The molecule has 0 saturated heterocycles. The highest BCUT2D eigenvalue weighted by Crippen LogP contribution is 2.18. The van der Waals surface area contributed by atoms with Crippen molar-refractivity contribution in [1.29, 1.82) is 0 Å². The lowest BCUT2D eigenvalue weighted by Gasteiger charge is -2.21. The van der Waals surface area contributed by atoms with Gasteiger partial charge in [-0.1, -0.05) is 12.1 Å². The maximum atomic E-state index is 12.4. The van der Waals surface area contributed by atoms with E-state index in [0.29, 0.717) is 28.5 Å². The summed E-state index contributed by atoms with van der Waals surface area (Å²) in [4.78, 5) is 28.8. The second-order valence-electron chi connectivity index (χ2n) is 6.03. The predicted molar refractivity (Wildman–Crippen MR) is 98.9 cm³/mol. The molecule has 1 heterocycles. The van der Waals surface area contributed by atoms with Crippen LogP contribution in [0.4, 0.5) is 5.69 Å². The first-order valence-corrected chi connectivity index (χ1v) is 8.05. The number of para-hydroxylation sites is 1. The van der Waals surface area contributed by atoms with Crippen molar-refractivity contribution >= 4 is 41.2 Å². The van der Waals surface area contributed by atoms with E-state index < -0.39 is 0 Å². The SMILES string of the molecule is CC(C)(C)NC(=O)c1ccccc1NC(=O)c1csc(CN)n1.Cl. The number of rotatable bonds is 4. The van der Waals surface area contributed by atoms with Crippen LogP contribution in [0.2, 0.25) is 0 Å². The van der Waals surface area contributed by atoms with Gasteiger partial charge < -0.3 is 16.4 Å². The maximum Gasteiger partial charge on any atom is 0.275 e. The highest BCUT2D eigenvalue weighted by atomic mass is 35.5. The molecule has 0 bridgehead atoms. The van der Waals surface area contributed by atoms with E-state index in [1.54, 1.807) is 29.6 Å². The quantitative estimate of drug-likeness (QED) is 0.772. The molecule has 6 nitrogen and oxygen atoms in total. The molecule has 0 radical (unpaired) electrons.